The van der Waals surface area contributed by atoms with Crippen LogP contribution in [-0.4, -0.2) is 11.6 Å². The smallest absolute Gasteiger partial charge is 0.171 e. The van der Waals surface area contributed by atoms with E-state index in [4.69, 9.17) is 0 Å². The van der Waals surface area contributed by atoms with Gasteiger partial charge in [-0.05, 0) is 55.2 Å². The number of hydrogen-bond donors (Lipinski definition) is 0. The average Bonchev–Trinajstić information content (AvgIpc) is 2.87. The third kappa shape index (κ3) is 3.28. The van der Waals surface area contributed by atoms with Crippen molar-refractivity contribution in [2.24, 2.45) is 0 Å². The van der Waals surface area contributed by atoms with Crippen LogP contribution in [0.3, 0.4) is 0 Å². The maximum absolute atomic E-state index is 13.3. The topological polar surface area (TPSA) is 34.1 Å². The van der Waals surface area contributed by atoms with Gasteiger partial charge in [0.2, 0.25) is 0 Å². The lowest BCUT2D eigenvalue weighted by Crippen LogP contribution is -2.09. The van der Waals surface area contributed by atoms with Crippen molar-refractivity contribution in [3.8, 4) is 0 Å². The van der Waals surface area contributed by atoms with Crippen molar-refractivity contribution in [1.29, 1.82) is 0 Å². The highest BCUT2D eigenvalue weighted by Crippen LogP contribution is 2.30. The number of carbonyl (C=O) groups is 2. The van der Waals surface area contributed by atoms with Gasteiger partial charge in [0, 0.05) is 11.1 Å². The summed E-state index contributed by atoms with van der Waals surface area (Å²) < 4.78 is 0. The highest BCUT2D eigenvalue weighted by atomic mass is 16.1. The number of ketones is 2. The van der Waals surface area contributed by atoms with Gasteiger partial charge in [0.05, 0.1) is 6.42 Å². The van der Waals surface area contributed by atoms with Crippen molar-refractivity contribution < 1.29 is 9.59 Å². The first-order valence-electron chi connectivity index (χ1n) is 11.1. The second-order valence-electron chi connectivity index (χ2n) is 8.44. The van der Waals surface area contributed by atoms with E-state index in [2.05, 4.69) is 30.3 Å². The Morgan fingerprint density at radius 2 is 1.00 bits per heavy atom. The van der Waals surface area contributed by atoms with Crippen molar-refractivity contribution in [2.75, 3.05) is 0 Å². The zero-order chi connectivity index (χ0) is 22.4. The lowest BCUT2D eigenvalue weighted by Gasteiger charge is -2.10. The van der Waals surface area contributed by atoms with Gasteiger partial charge in [0.1, 0.15) is 0 Å². The molecule has 0 N–H and O–H groups in total. The summed E-state index contributed by atoms with van der Waals surface area (Å²) in [6.07, 6.45) is -0.154. The first-order chi connectivity index (χ1) is 16.2. The maximum Gasteiger partial charge on any atom is 0.171 e. The Hall–Kier alpha value is -4.30. The summed E-state index contributed by atoms with van der Waals surface area (Å²) in [5.74, 6) is -0.313. The van der Waals surface area contributed by atoms with Gasteiger partial charge >= 0.3 is 0 Å². The number of rotatable bonds is 4. The van der Waals surface area contributed by atoms with Gasteiger partial charge in [-0.25, -0.2) is 0 Å². The minimum absolute atomic E-state index is 0.153. The second kappa shape index (κ2) is 7.68. The SMILES string of the molecule is O=C(CC(=O)c1cc2ccccc2c2ccccc12)c1ccc2ccc3ccccc3c2c1. The summed E-state index contributed by atoms with van der Waals surface area (Å²) in [6, 6.07) is 35.9. The van der Waals surface area contributed by atoms with Crippen molar-refractivity contribution in [1.82, 2.24) is 0 Å². The fraction of sp³-hybridized carbons (Fsp3) is 0.0323. The van der Waals surface area contributed by atoms with E-state index in [-0.39, 0.29) is 18.0 Å². The van der Waals surface area contributed by atoms with Crippen LogP contribution < -0.4 is 0 Å². The van der Waals surface area contributed by atoms with Crippen LogP contribution in [0.5, 0.6) is 0 Å². The lowest BCUT2D eigenvalue weighted by molar-refractivity contribution is 0.0895. The van der Waals surface area contributed by atoms with E-state index < -0.39 is 0 Å². The number of carbonyl (C=O) groups excluding carboxylic acids is 2. The van der Waals surface area contributed by atoms with E-state index in [1.54, 1.807) is 0 Å². The minimum atomic E-state index is -0.160. The molecule has 0 heterocycles. The molecule has 0 atom stereocenters. The van der Waals surface area contributed by atoms with E-state index >= 15 is 0 Å². The van der Waals surface area contributed by atoms with Crippen LogP contribution in [0.4, 0.5) is 0 Å². The highest BCUT2D eigenvalue weighted by Gasteiger charge is 2.18. The summed E-state index contributed by atoms with van der Waals surface area (Å²) in [6.45, 7) is 0. The van der Waals surface area contributed by atoms with Crippen LogP contribution in [0, 0.1) is 0 Å². The molecule has 6 rings (SSSR count). The average molecular weight is 424 g/mol. The molecule has 6 aromatic rings. The fourth-order valence-electron chi connectivity index (χ4n) is 4.80. The second-order valence-corrected chi connectivity index (χ2v) is 8.44. The van der Waals surface area contributed by atoms with E-state index in [1.165, 1.54) is 0 Å². The van der Waals surface area contributed by atoms with Crippen LogP contribution in [-0.2, 0) is 0 Å². The highest BCUT2D eigenvalue weighted by molar-refractivity contribution is 6.22. The molecule has 0 bridgehead atoms. The molecule has 0 unspecified atom stereocenters. The van der Waals surface area contributed by atoms with Gasteiger partial charge < -0.3 is 0 Å². The summed E-state index contributed by atoms with van der Waals surface area (Å²) in [5, 5.41) is 8.38. The molecule has 6 aromatic carbocycles. The van der Waals surface area contributed by atoms with Gasteiger partial charge in [0.15, 0.2) is 11.6 Å². The molecule has 0 aliphatic carbocycles. The van der Waals surface area contributed by atoms with Crippen molar-refractivity contribution in [3.63, 3.8) is 0 Å². The maximum atomic E-state index is 13.3. The van der Waals surface area contributed by atoms with Gasteiger partial charge in [-0.2, -0.15) is 0 Å². The molecule has 0 aliphatic heterocycles. The van der Waals surface area contributed by atoms with Crippen LogP contribution in [0.1, 0.15) is 27.1 Å². The van der Waals surface area contributed by atoms with Crippen LogP contribution >= 0.6 is 0 Å². The lowest BCUT2D eigenvalue weighted by atomic mass is 9.92. The third-order valence-corrected chi connectivity index (χ3v) is 6.46. The summed E-state index contributed by atoms with van der Waals surface area (Å²) in [5.41, 5.74) is 1.17. The summed E-state index contributed by atoms with van der Waals surface area (Å²) in [4.78, 5) is 26.5. The Morgan fingerprint density at radius 1 is 0.455 bits per heavy atom. The largest absolute Gasteiger partial charge is 0.294 e. The van der Waals surface area contributed by atoms with E-state index in [9.17, 15) is 9.59 Å². The molecule has 156 valence electrons. The fourth-order valence-corrected chi connectivity index (χ4v) is 4.80. The molecule has 0 amide bonds. The molecule has 33 heavy (non-hydrogen) atoms. The van der Waals surface area contributed by atoms with E-state index in [0.29, 0.717) is 11.1 Å². The Morgan fingerprint density at radius 3 is 1.76 bits per heavy atom. The normalized spacial score (nSPS) is 11.4. The monoisotopic (exact) mass is 424 g/mol. The molecule has 0 saturated heterocycles. The van der Waals surface area contributed by atoms with Gasteiger partial charge in [-0.1, -0.05) is 97.1 Å². The Bertz CT molecular complexity index is 1730. The van der Waals surface area contributed by atoms with E-state index in [1.807, 2.05) is 78.9 Å². The molecule has 0 spiro atoms. The zero-order valence-electron chi connectivity index (χ0n) is 17.9. The molecular weight excluding hydrogens is 404 g/mol. The quantitative estimate of drug-likeness (QED) is 0.165. The zero-order valence-corrected chi connectivity index (χ0v) is 17.9. The van der Waals surface area contributed by atoms with Crippen LogP contribution in [0.25, 0.3) is 43.1 Å². The minimum Gasteiger partial charge on any atom is -0.294 e. The molecule has 0 saturated carbocycles. The first kappa shape index (κ1) is 19.4. The third-order valence-electron chi connectivity index (χ3n) is 6.46. The molecule has 0 radical (unpaired) electrons. The molecule has 2 heteroatoms. The van der Waals surface area contributed by atoms with Gasteiger partial charge in [-0.15, -0.1) is 0 Å². The van der Waals surface area contributed by atoms with Crippen molar-refractivity contribution >= 4 is 54.7 Å². The number of Topliss-reactive ketones (excluding diaryl/α,β-unsaturated/α-hetero) is 2. The van der Waals surface area contributed by atoms with Gasteiger partial charge in [0.25, 0.3) is 0 Å². The number of benzene rings is 6. The van der Waals surface area contributed by atoms with Crippen LogP contribution in [0.15, 0.2) is 109 Å². The van der Waals surface area contributed by atoms with Crippen molar-refractivity contribution in [3.05, 3.63) is 120 Å². The Balaban J connectivity index is 1.40. The molecule has 2 nitrogen and oxygen atoms in total. The first-order valence-corrected chi connectivity index (χ1v) is 11.1. The Labute approximate surface area is 191 Å². The predicted molar refractivity (Wildman–Crippen MR) is 136 cm³/mol. The number of fused-ring (bicyclic) bond motifs is 6. The Kier molecular flexibility index (Phi) is 4.51. The van der Waals surface area contributed by atoms with Crippen LogP contribution in [0.2, 0.25) is 0 Å². The van der Waals surface area contributed by atoms with Gasteiger partial charge in [-0.3, -0.25) is 9.59 Å². The van der Waals surface area contributed by atoms with Crippen molar-refractivity contribution in [2.45, 2.75) is 6.42 Å². The summed E-state index contributed by atoms with van der Waals surface area (Å²) in [7, 11) is 0. The molecular formula is C31H20O2. The van der Waals surface area contributed by atoms with E-state index in [0.717, 1.165) is 43.1 Å². The standard InChI is InChI=1S/C31H20O2/c32-30(23-16-15-21-14-13-20-7-1-3-9-24(20)28(21)18-23)19-31(33)29-17-22-8-2-4-10-25(22)26-11-5-6-12-27(26)29/h1-18H,19H2. The summed E-state index contributed by atoms with van der Waals surface area (Å²) >= 11 is 0. The molecule has 0 aromatic heterocycles. The number of hydrogen-bond acceptors (Lipinski definition) is 2. The molecule has 0 fully saturated rings. The molecule has 0 aliphatic rings. The predicted octanol–water partition coefficient (Wildman–Crippen LogP) is 7.76.